The molecule has 0 spiro atoms. The zero-order valence-corrected chi connectivity index (χ0v) is 15.3. The number of hydrogen-bond acceptors (Lipinski definition) is 4. The third-order valence-electron chi connectivity index (χ3n) is 4.21. The summed E-state index contributed by atoms with van der Waals surface area (Å²) in [6.07, 6.45) is 0.176. The topological polar surface area (TPSA) is 87.3 Å². The highest BCUT2D eigenvalue weighted by Gasteiger charge is 2.30. The van der Waals surface area contributed by atoms with Crippen molar-refractivity contribution >= 4 is 23.4 Å². The summed E-state index contributed by atoms with van der Waals surface area (Å²) in [4.78, 5) is 26.6. The fourth-order valence-corrected chi connectivity index (χ4v) is 3.11. The lowest BCUT2D eigenvalue weighted by molar-refractivity contribution is -0.123. The van der Waals surface area contributed by atoms with E-state index in [1.165, 1.54) is 0 Å². The summed E-state index contributed by atoms with van der Waals surface area (Å²) in [5.74, 6) is -0.332. The molecule has 26 heavy (non-hydrogen) atoms. The molecule has 2 N–H and O–H groups in total. The molecule has 0 radical (unpaired) electrons. The standard InChI is InChI=1S/C18H21ClN4O3/c1-12-7-16(22-21-12)18(25)23-5-6-26-11-15(23)9-17(24)20-10-13-3-2-4-14(19)8-13/h2-4,7-8,15H,5-6,9-11H2,1H3,(H,20,24)(H,21,22)/t15-/m0/s1. The SMILES string of the molecule is Cc1cc(C(=O)N2CCOC[C@@H]2CC(=O)NCc2cccc(Cl)c2)n[nH]1. The average Bonchev–Trinajstić information content (AvgIpc) is 3.06. The highest BCUT2D eigenvalue weighted by atomic mass is 35.5. The summed E-state index contributed by atoms with van der Waals surface area (Å²) < 4.78 is 5.46. The predicted octanol–water partition coefficient (Wildman–Crippen LogP) is 1.92. The molecule has 0 saturated carbocycles. The number of nitrogens with zero attached hydrogens (tertiary/aromatic N) is 2. The molecule has 2 amide bonds. The van der Waals surface area contributed by atoms with Crippen LogP contribution in [0, 0.1) is 6.92 Å². The van der Waals surface area contributed by atoms with Crippen LogP contribution >= 0.6 is 11.6 Å². The van der Waals surface area contributed by atoms with Gasteiger partial charge in [0.05, 0.1) is 19.3 Å². The van der Waals surface area contributed by atoms with Crippen LogP contribution in [0.15, 0.2) is 30.3 Å². The van der Waals surface area contributed by atoms with E-state index < -0.39 is 0 Å². The molecule has 2 heterocycles. The van der Waals surface area contributed by atoms with E-state index in [1.54, 1.807) is 23.1 Å². The smallest absolute Gasteiger partial charge is 0.274 e. The zero-order valence-electron chi connectivity index (χ0n) is 14.5. The second-order valence-corrected chi connectivity index (χ2v) is 6.71. The number of rotatable bonds is 5. The third kappa shape index (κ3) is 4.62. The second-order valence-electron chi connectivity index (χ2n) is 6.27. The lowest BCUT2D eigenvalue weighted by Gasteiger charge is -2.34. The van der Waals surface area contributed by atoms with Crippen molar-refractivity contribution in [2.75, 3.05) is 19.8 Å². The summed E-state index contributed by atoms with van der Waals surface area (Å²) in [6.45, 7) is 3.45. The third-order valence-corrected chi connectivity index (χ3v) is 4.45. The first-order valence-electron chi connectivity index (χ1n) is 8.45. The maximum absolute atomic E-state index is 12.7. The summed E-state index contributed by atoms with van der Waals surface area (Å²) in [6, 6.07) is 8.71. The van der Waals surface area contributed by atoms with Gasteiger partial charge in [-0.25, -0.2) is 0 Å². The van der Waals surface area contributed by atoms with E-state index in [9.17, 15) is 9.59 Å². The predicted molar refractivity (Wildman–Crippen MR) is 96.9 cm³/mol. The zero-order chi connectivity index (χ0) is 18.5. The number of nitrogens with one attached hydrogen (secondary N) is 2. The van der Waals surface area contributed by atoms with Crippen molar-refractivity contribution in [3.8, 4) is 0 Å². The second kappa shape index (κ2) is 8.33. The van der Waals surface area contributed by atoms with Gasteiger partial charge >= 0.3 is 0 Å². The van der Waals surface area contributed by atoms with Crippen LogP contribution in [0.1, 0.15) is 28.2 Å². The quantitative estimate of drug-likeness (QED) is 0.834. The number of benzene rings is 1. The number of carbonyl (C=O) groups excluding carboxylic acids is 2. The Morgan fingerprint density at radius 1 is 1.42 bits per heavy atom. The van der Waals surface area contributed by atoms with Gasteiger partial charge in [0.2, 0.25) is 5.91 Å². The molecular weight excluding hydrogens is 356 g/mol. The van der Waals surface area contributed by atoms with E-state index in [-0.39, 0.29) is 24.3 Å². The van der Waals surface area contributed by atoms with Gasteiger partial charge < -0.3 is 15.0 Å². The number of aromatic amines is 1. The molecule has 7 nitrogen and oxygen atoms in total. The molecule has 1 saturated heterocycles. The molecule has 0 aliphatic carbocycles. The van der Waals surface area contributed by atoms with Crippen LogP contribution in [0.3, 0.4) is 0 Å². The molecule has 1 aliphatic rings. The van der Waals surface area contributed by atoms with Crippen molar-refractivity contribution in [3.63, 3.8) is 0 Å². The van der Waals surface area contributed by atoms with Crippen LogP contribution in [0.5, 0.6) is 0 Å². The van der Waals surface area contributed by atoms with E-state index >= 15 is 0 Å². The van der Waals surface area contributed by atoms with Crippen LogP contribution in [0.4, 0.5) is 0 Å². The van der Waals surface area contributed by atoms with E-state index in [0.29, 0.717) is 37.0 Å². The number of hydrogen-bond donors (Lipinski definition) is 2. The molecule has 8 heteroatoms. The minimum Gasteiger partial charge on any atom is -0.377 e. The Kier molecular flexibility index (Phi) is 5.90. The molecule has 1 fully saturated rings. The largest absolute Gasteiger partial charge is 0.377 e. The van der Waals surface area contributed by atoms with Crippen molar-refractivity contribution in [1.82, 2.24) is 20.4 Å². The Balaban J connectivity index is 1.59. The van der Waals surface area contributed by atoms with Gasteiger partial charge in [-0.1, -0.05) is 23.7 Å². The van der Waals surface area contributed by atoms with Crippen LogP contribution in [-0.2, 0) is 16.1 Å². The minimum absolute atomic E-state index is 0.142. The van der Waals surface area contributed by atoms with Gasteiger partial charge in [-0.05, 0) is 30.7 Å². The molecule has 2 aromatic rings. The van der Waals surface area contributed by atoms with E-state index in [2.05, 4.69) is 15.5 Å². The van der Waals surface area contributed by atoms with Gasteiger partial charge in [-0.3, -0.25) is 14.7 Å². The molecule has 1 atom stereocenters. The molecule has 3 rings (SSSR count). The molecule has 0 unspecified atom stereocenters. The Labute approximate surface area is 156 Å². The summed E-state index contributed by atoms with van der Waals surface area (Å²) >= 11 is 5.95. The molecular formula is C18H21ClN4O3. The lowest BCUT2D eigenvalue weighted by atomic mass is 10.1. The fourth-order valence-electron chi connectivity index (χ4n) is 2.90. The first-order chi connectivity index (χ1) is 12.5. The fraction of sp³-hybridized carbons (Fsp3) is 0.389. The van der Waals surface area contributed by atoms with Gasteiger partial charge in [0.1, 0.15) is 5.69 Å². The first kappa shape index (κ1) is 18.4. The van der Waals surface area contributed by atoms with Crippen molar-refractivity contribution in [2.24, 2.45) is 0 Å². The number of halogens is 1. The summed E-state index contributed by atoms with van der Waals surface area (Å²) in [7, 11) is 0. The van der Waals surface area contributed by atoms with Gasteiger partial charge in [0.15, 0.2) is 0 Å². The monoisotopic (exact) mass is 376 g/mol. The van der Waals surface area contributed by atoms with E-state index in [1.807, 2.05) is 19.1 Å². The highest BCUT2D eigenvalue weighted by molar-refractivity contribution is 6.30. The number of aryl methyl sites for hydroxylation is 1. The number of ether oxygens (including phenoxy) is 1. The van der Waals surface area contributed by atoms with Crippen molar-refractivity contribution in [3.05, 3.63) is 52.3 Å². The van der Waals surface area contributed by atoms with Crippen LogP contribution < -0.4 is 5.32 Å². The van der Waals surface area contributed by atoms with Gasteiger partial charge in [-0.15, -0.1) is 0 Å². The maximum Gasteiger partial charge on any atom is 0.274 e. The van der Waals surface area contributed by atoms with Gasteiger partial charge in [0, 0.05) is 30.2 Å². The van der Waals surface area contributed by atoms with Crippen LogP contribution in [0.2, 0.25) is 5.02 Å². The van der Waals surface area contributed by atoms with Gasteiger partial charge in [-0.2, -0.15) is 5.10 Å². The van der Waals surface area contributed by atoms with Crippen molar-refractivity contribution in [1.29, 1.82) is 0 Å². The molecule has 1 aliphatic heterocycles. The van der Waals surface area contributed by atoms with Crippen molar-refractivity contribution in [2.45, 2.75) is 25.9 Å². The Bertz CT molecular complexity index is 792. The Hall–Kier alpha value is -2.38. The Morgan fingerprint density at radius 2 is 2.27 bits per heavy atom. The number of amides is 2. The molecule has 1 aromatic heterocycles. The number of morpholine rings is 1. The number of aromatic nitrogens is 2. The average molecular weight is 377 g/mol. The summed E-state index contributed by atoms with van der Waals surface area (Å²) in [5.41, 5.74) is 2.09. The lowest BCUT2D eigenvalue weighted by Crippen LogP contribution is -2.50. The van der Waals surface area contributed by atoms with E-state index in [4.69, 9.17) is 16.3 Å². The van der Waals surface area contributed by atoms with Crippen LogP contribution in [0.25, 0.3) is 0 Å². The number of H-pyrrole nitrogens is 1. The summed E-state index contributed by atoms with van der Waals surface area (Å²) in [5, 5.41) is 10.3. The number of carbonyl (C=O) groups is 2. The molecule has 1 aromatic carbocycles. The van der Waals surface area contributed by atoms with Crippen molar-refractivity contribution < 1.29 is 14.3 Å². The first-order valence-corrected chi connectivity index (χ1v) is 8.82. The minimum atomic E-state index is -0.312. The molecule has 138 valence electrons. The molecule has 0 bridgehead atoms. The van der Waals surface area contributed by atoms with Crippen LogP contribution in [-0.4, -0.2) is 52.7 Å². The maximum atomic E-state index is 12.7. The van der Waals surface area contributed by atoms with E-state index in [0.717, 1.165) is 11.3 Å². The normalized spacial score (nSPS) is 17.2. The Morgan fingerprint density at radius 3 is 3.00 bits per heavy atom. The highest BCUT2D eigenvalue weighted by Crippen LogP contribution is 2.15. The van der Waals surface area contributed by atoms with Gasteiger partial charge in [0.25, 0.3) is 5.91 Å².